The van der Waals surface area contributed by atoms with Gasteiger partial charge in [0.05, 0.1) is 23.1 Å². The number of carbonyl (C=O) groups excluding carboxylic acids is 1. The number of benzene rings is 1. The van der Waals surface area contributed by atoms with E-state index in [9.17, 15) is 4.79 Å². The van der Waals surface area contributed by atoms with E-state index in [1.165, 1.54) is 29.2 Å². The second-order valence-electron chi connectivity index (χ2n) is 18.1. The Kier molecular flexibility index (Phi) is 8.93. The number of fused-ring (bicyclic) bond motifs is 4. The molecule has 47 heavy (non-hydrogen) atoms. The SMILES string of the molecule is CC(=O)O[C@@H]1c2nc(C3CCOCC3)c3c(c2[C@@H](O[Si](C)(C)C(C)(C)C)CC1(C)C)C1(CCCC1)O[C@@H]3c1ccc(C(C)(C)C)cc1. The lowest BCUT2D eigenvalue weighted by atomic mass is 9.68. The largest absolute Gasteiger partial charge is 0.455 e. The Hall–Kier alpha value is -2.06. The molecule has 1 saturated carbocycles. The van der Waals surface area contributed by atoms with Crippen LogP contribution in [0.15, 0.2) is 24.3 Å². The fourth-order valence-corrected chi connectivity index (χ4v) is 9.60. The van der Waals surface area contributed by atoms with Gasteiger partial charge in [0.2, 0.25) is 0 Å². The number of pyridine rings is 1. The van der Waals surface area contributed by atoms with Crippen LogP contribution in [0.4, 0.5) is 0 Å². The third kappa shape index (κ3) is 6.28. The van der Waals surface area contributed by atoms with Gasteiger partial charge in [-0.1, -0.05) is 92.5 Å². The molecule has 0 radical (unpaired) electrons. The molecule has 2 aliphatic carbocycles. The van der Waals surface area contributed by atoms with Crippen molar-refractivity contribution in [1.82, 2.24) is 4.98 Å². The lowest BCUT2D eigenvalue weighted by molar-refractivity contribution is -0.156. The molecule has 1 saturated heterocycles. The molecule has 0 amide bonds. The molecular weight excluding hydrogens is 603 g/mol. The van der Waals surface area contributed by atoms with E-state index in [2.05, 4.69) is 92.7 Å². The summed E-state index contributed by atoms with van der Waals surface area (Å²) >= 11 is 0. The highest BCUT2D eigenvalue weighted by atomic mass is 28.4. The molecule has 2 aliphatic heterocycles. The van der Waals surface area contributed by atoms with Crippen LogP contribution < -0.4 is 0 Å². The molecule has 1 aromatic carbocycles. The van der Waals surface area contributed by atoms with Gasteiger partial charge in [-0.2, -0.15) is 0 Å². The molecule has 4 aliphatic rings. The average Bonchev–Trinajstić information content (AvgIpc) is 3.58. The molecule has 2 fully saturated rings. The number of nitrogens with zero attached hydrogens (tertiary/aromatic N) is 1. The van der Waals surface area contributed by atoms with Crippen LogP contribution in [0.3, 0.4) is 0 Å². The topological polar surface area (TPSA) is 66.9 Å². The van der Waals surface area contributed by atoms with Gasteiger partial charge < -0.3 is 18.6 Å². The number of rotatable bonds is 5. The van der Waals surface area contributed by atoms with Crippen molar-refractivity contribution in [2.24, 2.45) is 5.41 Å². The second-order valence-corrected chi connectivity index (χ2v) is 22.8. The molecule has 1 aromatic heterocycles. The highest BCUT2D eigenvalue weighted by Crippen LogP contribution is 2.63. The third-order valence-electron chi connectivity index (χ3n) is 12.0. The van der Waals surface area contributed by atoms with Crippen molar-refractivity contribution in [3.05, 3.63) is 63.5 Å². The third-order valence-corrected chi connectivity index (χ3v) is 16.5. The molecule has 3 atom stereocenters. The second kappa shape index (κ2) is 12.1. The van der Waals surface area contributed by atoms with Gasteiger partial charge >= 0.3 is 5.97 Å². The van der Waals surface area contributed by atoms with Crippen LogP contribution in [0.1, 0.15) is 171 Å². The highest BCUT2D eigenvalue weighted by molar-refractivity contribution is 6.74. The Morgan fingerprint density at radius 2 is 1.55 bits per heavy atom. The van der Waals surface area contributed by atoms with Crippen LogP contribution in [-0.4, -0.2) is 32.5 Å². The molecule has 0 N–H and O–H groups in total. The van der Waals surface area contributed by atoms with E-state index in [0.29, 0.717) is 0 Å². The molecular formula is C40H59NO5Si. The van der Waals surface area contributed by atoms with E-state index >= 15 is 0 Å². The van der Waals surface area contributed by atoms with Crippen molar-refractivity contribution in [3.8, 4) is 0 Å². The monoisotopic (exact) mass is 661 g/mol. The summed E-state index contributed by atoms with van der Waals surface area (Å²) in [6, 6.07) is 9.12. The molecule has 0 unspecified atom stereocenters. The first-order valence-electron chi connectivity index (χ1n) is 18.1. The minimum atomic E-state index is -2.21. The van der Waals surface area contributed by atoms with Crippen LogP contribution in [0.5, 0.6) is 0 Å². The van der Waals surface area contributed by atoms with Gasteiger partial charge in [-0.3, -0.25) is 9.78 Å². The first-order valence-corrected chi connectivity index (χ1v) is 21.0. The Morgan fingerprint density at radius 3 is 2.11 bits per heavy atom. The van der Waals surface area contributed by atoms with E-state index < -0.39 is 20.0 Å². The molecule has 6 rings (SSSR count). The van der Waals surface area contributed by atoms with Gasteiger partial charge in [-0.25, -0.2) is 0 Å². The maximum Gasteiger partial charge on any atom is 0.303 e. The van der Waals surface area contributed by atoms with Gasteiger partial charge in [-0.15, -0.1) is 0 Å². The van der Waals surface area contributed by atoms with E-state index in [1.807, 2.05) is 0 Å². The van der Waals surface area contributed by atoms with Gasteiger partial charge in [0, 0.05) is 42.6 Å². The van der Waals surface area contributed by atoms with Gasteiger partial charge in [0.1, 0.15) is 12.2 Å². The minimum Gasteiger partial charge on any atom is -0.455 e. The summed E-state index contributed by atoms with van der Waals surface area (Å²) in [6.45, 7) is 25.8. The van der Waals surface area contributed by atoms with Gasteiger partial charge in [0.25, 0.3) is 0 Å². The molecule has 1 spiro atoms. The quantitative estimate of drug-likeness (QED) is 0.235. The van der Waals surface area contributed by atoms with E-state index in [4.69, 9.17) is 23.6 Å². The summed E-state index contributed by atoms with van der Waals surface area (Å²) in [5.41, 5.74) is 7.55. The molecule has 0 bridgehead atoms. The van der Waals surface area contributed by atoms with E-state index in [0.717, 1.165) is 75.1 Å². The number of esters is 1. The Bertz CT molecular complexity index is 1490. The normalized spacial score (nSPS) is 25.9. The van der Waals surface area contributed by atoms with Crippen molar-refractivity contribution in [2.45, 2.75) is 161 Å². The summed E-state index contributed by atoms with van der Waals surface area (Å²) in [5, 5.41) is 0.0432. The molecule has 258 valence electrons. The standard InChI is InChI=1S/C40H59NO5Si/c1-25(42)44-36-34-30(29(24-39(36,8)9)46-47(10,11)38(5,6)7)32-31(33(41-34)26-18-22-43-23-19-26)35(45-40(32)20-12-13-21-40)27-14-16-28(17-15-27)37(2,3)4/h14-17,26,29,35-36H,12-13,18-24H2,1-11H3/t29-,35+,36+/m0/s1. The zero-order valence-electron chi connectivity index (χ0n) is 31.0. The van der Waals surface area contributed by atoms with Crippen LogP contribution in [0, 0.1) is 5.41 Å². The number of aromatic nitrogens is 1. The molecule has 7 heteroatoms. The summed E-state index contributed by atoms with van der Waals surface area (Å²) in [5.74, 6) is -0.0153. The Morgan fingerprint density at radius 1 is 0.936 bits per heavy atom. The van der Waals surface area contributed by atoms with Crippen molar-refractivity contribution in [3.63, 3.8) is 0 Å². The Balaban J connectivity index is 1.65. The fourth-order valence-electron chi connectivity index (χ4n) is 8.34. The first-order chi connectivity index (χ1) is 21.8. The van der Waals surface area contributed by atoms with Gasteiger partial charge in [0.15, 0.2) is 8.32 Å². The number of carbonyl (C=O) groups is 1. The van der Waals surface area contributed by atoms with Crippen molar-refractivity contribution < 1.29 is 23.4 Å². The van der Waals surface area contributed by atoms with Crippen LogP contribution in [0.2, 0.25) is 18.1 Å². The van der Waals surface area contributed by atoms with Crippen molar-refractivity contribution in [2.75, 3.05) is 13.2 Å². The number of hydrogen-bond donors (Lipinski definition) is 0. The number of hydrogen-bond acceptors (Lipinski definition) is 6. The van der Waals surface area contributed by atoms with Gasteiger partial charge in [-0.05, 0) is 72.3 Å². The van der Waals surface area contributed by atoms with E-state index in [1.54, 1.807) is 0 Å². The fraction of sp³-hybridized carbons (Fsp3) is 0.700. The zero-order chi connectivity index (χ0) is 34.2. The summed E-state index contributed by atoms with van der Waals surface area (Å²) in [7, 11) is -2.21. The molecule has 2 aromatic rings. The van der Waals surface area contributed by atoms with Crippen LogP contribution >= 0.6 is 0 Å². The highest BCUT2D eigenvalue weighted by Gasteiger charge is 2.56. The Labute approximate surface area is 284 Å². The maximum absolute atomic E-state index is 12.7. The lowest BCUT2D eigenvalue weighted by Crippen LogP contribution is -2.45. The predicted octanol–water partition coefficient (Wildman–Crippen LogP) is 10.3. The first kappa shape index (κ1) is 34.8. The minimum absolute atomic E-state index is 0.0432. The summed E-state index contributed by atoms with van der Waals surface area (Å²) in [4.78, 5) is 18.4. The number of ether oxygens (including phenoxy) is 3. The summed E-state index contributed by atoms with van der Waals surface area (Å²) < 4.78 is 27.1. The predicted molar refractivity (Wildman–Crippen MR) is 189 cm³/mol. The summed E-state index contributed by atoms with van der Waals surface area (Å²) in [6.07, 6.45) is 6.01. The molecule has 3 heterocycles. The van der Waals surface area contributed by atoms with Crippen LogP contribution in [-0.2, 0) is 34.4 Å². The van der Waals surface area contributed by atoms with E-state index in [-0.39, 0.29) is 40.0 Å². The van der Waals surface area contributed by atoms with Crippen molar-refractivity contribution >= 4 is 14.3 Å². The van der Waals surface area contributed by atoms with Crippen molar-refractivity contribution in [1.29, 1.82) is 0 Å². The van der Waals surface area contributed by atoms with Crippen LogP contribution in [0.25, 0.3) is 0 Å². The molecule has 6 nitrogen and oxygen atoms in total. The zero-order valence-corrected chi connectivity index (χ0v) is 32.0. The maximum atomic E-state index is 12.7. The smallest absolute Gasteiger partial charge is 0.303 e. The average molecular weight is 662 g/mol. The lowest BCUT2D eigenvalue weighted by Gasteiger charge is -2.48.